The number of Topliss-reactive ketones (excluding diaryl/α,β-unsaturated/α-hetero) is 1. The minimum atomic E-state index is -1.03. The predicted octanol–water partition coefficient (Wildman–Crippen LogP) is 1.94. The Balaban J connectivity index is 1.96. The molecule has 0 bridgehead atoms. The van der Waals surface area contributed by atoms with Crippen LogP contribution in [0.5, 0.6) is 5.75 Å². The van der Waals surface area contributed by atoms with Gasteiger partial charge in [0.05, 0.1) is 18.6 Å². The number of hydrogen-bond acceptors (Lipinski definition) is 6. The summed E-state index contributed by atoms with van der Waals surface area (Å²) in [7, 11) is 0. The highest BCUT2D eigenvalue weighted by Crippen LogP contribution is 2.47. The molecular formula is C26H36N2O6. The summed E-state index contributed by atoms with van der Waals surface area (Å²) in [5.41, 5.74) is 1.24. The van der Waals surface area contributed by atoms with Gasteiger partial charge in [-0.05, 0) is 37.8 Å². The molecule has 8 heteroatoms. The number of fused-ring (bicyclic) bond motifs is 3. The number of benzene rings is 1. The molecule has 0 aromatic heterocycles. The molecule has 4 atom stereocenters. The van der Waals surface area contributed by atoms with E-state index in [1.54, 1.807) is 11.0 Å². The van der Waals surface area contributed by atoms with E-state index in [0.717, 1.165) is 12.0 Å². The van der Waals surface area contributed by atoms with Gasteiger partial charge < -0.3 is 30.0 Å². The van der Waals surface area contributed by atoms with Crippen LogP contribution in [0.4, 0.5) is 0 Å². The van der Waals surface area contributed by atoms with E-state index in [2.05, 4.69) is 19.2 Å². The summed E-state index contributed by atoms with van der Waals surface area (Å²) in [6, 6.07) is 6.64. The largest absolute Gasteiger partial charge is 0.486 e. The van der Waals surface area contributed by atoms with Crippen LogP contribution < -0.4 is 10.1 Å². The quantitative estimate of drug-likeness (QED) is 0.453. The van der Waals surface area contributed by atoms with Gasteiger partial charge in [-0.2, -0.15) is 0 Å². The number of nitrogens with zero attached hydrogens (tertiary/aromatic N) is 1. The third-order valence-corrected chi connectivity index (χ3v) is 6.42. The molecule has 1 aliphatic heterocycles. The van der Waals surface area contributed by atoms with Crippen molar-refractivity contribution in [1.29, 1.82) is 0 Å². The molecule has 1 aromatic rings. The Labute approximate surface area is 201 Å². The lowest BCUT2D eigenvalue weighted by Gasteiger charge is -2.41. The first-order valence-corrected chi connectivity index (χ1v) is 12.1. The van der Waals surface area contributed by atoms with E-state index in [0.29, 0.717) is 36.6 Å². The summed E-state index contributed by atoms with van der Waals surface area (Å²) in [5, 5.41) is 23.3. The summed E-state index contributed by atoms with van der Waals surface area (Å²) in [4.78, 5) is 39.3. The number of amides is 2. The molecule has 8 nitrogen and oxygen atoms in total. The van der Waals surface area contributed by atoms with Gasteiger partial charge in [0.25, 0.3) is 0 Å². The van der Waals surface area contributed by atoms with Crippen molar-refractivity contribution >= 4 is 17.6 Å². The van der Waals surface area contributed by atoms with Crippen molar-refractivity contribution in [2.75, 3.05) is 19.7 Å². The zero-order valence-electron chi connectivity index (χ0n) is 20.2. The van der Waals surface area contributed by atoms with E-state index in [1.165, 1.54) is 6.92 Å². The van der Waals surface area contributed by atoms with Gasteiger partial charge in [-0.15, -0.1) is 0 Å². The number of carbonyl (C=O) groups excluding carboxylic acids is 3. The fourth-order valence-corrected chi connectivity index (χ4v) is 4.66. The zero-order valence-corrected chi connectivity index (χ0v) is 20.2. The first-order chi connectivity index (χ1) is 16.2. The fraction of sp³-hybridized carbons (Fsp3) is 0.577. The topological polar surface area (TPSA) is 116 Å². The third-order valence-electron chi connectivity index (χ3n) is 6.42. The molecule has 0 saturated heterocycles. The van der Waals surface area contributed by atoms with Crippen LogP contribution in [0.3, 0.4) is 0 Å². The van der Waals surface area contributed by atoms with E-state index in [-0.39, 0.29) is 37.2 Å². The number of aliphatic hydroxyl groups excluding tert-OH is 2. The Morgan fingerprint density at radius 3 is 2.59 bits per heavy atom. The maximum absolute atomic E-state index is 13.2. The predicted molar refractivity (Wildman–Crippen MR) is 127 cm³/mol. The number of para-hydroxylation sites is 1. The van der Waals surface area contributed by atoms with Gasteiger partial charge in [-0.3, -0.25) is 9.59 Å². The van der Waals surface area contributed by atoms with Gasteiger partial charge in [0.15, 0.2) is 0 Å². The molecule has 0 radical (unpaired) electrons. The molecule has 2 amide bonds. The van der Waals surface area contributed by atoms with E-state index in [4.69, 9.17) is 4.74 Å². The second-order valence-electron chi connectivity index (χ2n) is 9.51. The van der Waals surface area contributed by atoms with Crippen LogP contribution in [0.15, 0.2) is 35.9 Å². The smallest absolute Gasteiger partial charge is 0.247 e. The lowest BCUT2D eigenvalue weighted by molar-refractivity contribution is -0.137. The first-order valence-electron chi connectivity index (χ1n) is 12.1. The Morgan fingerprint density at radius 2 is 1.91 bits per heavy atom. The van der Waals surface area contributed by atoms with Gasteiger partial charge >= 0.3 is 0 Å². The molecule has 3 N–H and O–H groups in total. The second kappa shape index (κ2) is 11.6. The lowest BCUT2D eigenvalue weighted by atomic mass is 9.77. The number of ether oxygens (including phenoxy) is 1. The maximum atomic E-state index is 13.2. The summed E-state index contributed by atoms with van der Waals surface area (Å²) < 4.78 is 6.10. The van der Waals surface area contributed by atoms with E-state index >= 15 is 0 Å². The molecule has 3 rings (SSSR count). The van der Waals surface area contributed by atoms with Gasteiger partial charge in [-0.25, -0.2) is 0 Å². The minimum Gasteiger partial charge on any atom is -0.486 e. The monoisotopic (exact) mass is 472 g/mol. The Bertz CT molecular complexity index is 928. The summed E-state index contributed by atoms with van der Waals surface area (Å²) in [6.07, 6.45) is 1.63. The van der Waals surface area contributed by atoms with Gasteiger partial charge in [0, 0.05) is 37.1 Å². The summed E-state index contributed by atoms with van der Waals surface area (Å²) in [6.45, 7) is 5.95. The molecule has 1 aliphatic carbocycles. The number of rotatable bonds is 11. The van der Waals surface area contributed by atoms with Crippen LogP contribution in [0.1, 0.15) is 57.9 Å². The van der Waals surface area contributed by atoms with Crippen molar-refractivity contribution in [3.63, 3.8) is 0 Å². The van der Waals surface area contributed by atoms with Gasteiger partial charge in [0.1, 0.15) is 23.7 Å². The molecule has 1 aromatic carbocycles. The van der Waals surface area contributed by atoms with Crippen LogP contribution in [0, 0.1) is 5.92 Å². The van der Waals surface area contributed by atoms with Crippen molar-refractivity contribution in [1.82, 2.24) is 10.2 Å². The highest BCUT2D eigenvalue weighted by Gasteiger charge is 2.50. The molecular weight excluding hydrogens is 436 g/mol. The molecule has 1 heterocycles. The Hall–Kier alpha value is -2.71. The highest BCUT2D eigenvalue weighted by molar-refractivity contribution is 5.96. The summed E-state index contributed by atoms with van der Waals surface area (Å²) >= 11 is 0. The third kappa shape index (κ3) is 5.85. The van der Waals surface area contributed by atoms with Crippen LogP contribution >= 0.6 is 0 Å². The fourth-order valence-electron chi connectivity index (χ4n) is 4.66. The zero-order chi connectivity index (χ0) is 24.8. The standard InChI is InChI=1S/C26H36N2O6/c1-16(2)11-13-28(22(31)10-6-7-17(3)30)20-15-19(26(33)27-12-14-29)23-18-8-4-5-9-21(18)34-25(23)24(20)32/h4-5,8-9,15-16,20,23-25,29,32H,6-7,10-14H2,1-3H3,(H,27,33)/t20-,23+,24+,25+/m1/s1. The molecule has 2 aliphatic rings. The number of aliphatic hydroxyl groups is 2. The van der Waals surface area contributed by atoms with Crippen LogP contribution in [0.25, 0.3) is 0 Å². The van der Waals surface area contributed by atoms with Crippen molar-refractivity contribution in [3.05, 3.63) is 41.5 Å². The normalized spacial score (nSPS) is 22.9. The Kier molecular flexibility index (Phi) is 8.85. The molecule has 0 fully saturated rings. The average Bonchev–Trinajstić information content (AvgIpc) is 3.18. The van der Waals surface area contributed by atoms with Gasteiger partial charge in [0.2, 0.25) is 11.8 Å². The molecule has 0 spiro atoms. The molecule has 34 heavy (non-hydrogen) atoms. The summed E-state index contributed by atoms with van der Waals surface area (Å²) in [5.74, 6) is -0.00734. The van der Waals surface area contributed by atoms with Crippen molar-refractivity contribution in [3.8, 4) is 5.75 Å². The van der Waals surface area contributed by atoms with Crippen molar-refractivity contribution in [2.24, 2.45) is 5.92 Å². The average molecular weight is 473 g/mol. The molecule has 0 unspecified atom stereocenters. The van der Waals surface area contributed by atoms with Crippen molar-refractivity contribution < 1.29 is 29.3 Å². The first kappa shape index (κ1) is 25.9. The van der Waals surface area contributed by atoms with E-state index in [1.807, 2.05) is 24.3 Å². The molecule has 0 saturated carbocycles. The molecule has 186 valence electrons. The second-order valence-corrected chi connectivity index (χ2v) is 9.51. The van der Waals surface area contributed by atoms with Gasteiger partial charge in [-0.1, -0.05) is 32.0 Å². The van der Waals surface area contributed by atoms with Crippen LogP contribution in [0.2, 0.25) is 0 Å². The SMILES string of the molecule is CC(=O)CCCC(=O)N(CCC(C)C)[C@@H]1C=C(C(=O)NCCO)[C@@H]2c3ccccc3O[C@@H]2[C@H]1O. The maximum Gasteiger partial charge on any atom is 0.247 e. The Morgan fingerprint density at radius 1 is 1.18 bits per heavy atom. The van der Waals surface area contributed by atoms with E-state index in [9.17, 15) is 24.6 Å². The number of hydrogen-bond donors (Lipinski definition) is 3. The van der Waals surface area contributed by atoms with Crippen LogP contribution in [-0.4, -0.2) is 70.7 Å². The van der Waals surface area contributed by atoms with Crippen LogP contribution in [-0.2, 0) is 14.4 Å². The number of nitrogens with one attached hydrogen (secondary N) is 1. The number of ketones is 1. The highest BCUT2D eigenvalue weighted by atomic mass is 16.5. The minimum absolute atomic E-state index is 0.0296. The van der Waals surface area contributed by atoms with Crippen molar-refractivity contribution in [2.45, 2.75) is 70.6 Å². The number of carbonyl (C=O) groups is 3. The van der Waals surface area contributed by atoms with E-state index < -0.39 is 24.2 Å². The lowest BCUT2D eigenvalue weighted by Crippen LogP contribution is -2.56.